The minimum absolute atomic E-state index is 0.0546. The monoisotopic (exact) mass is 282 g/mol. The summed E-state index contributed by atoms with van der Waals surface area (Å²) in [6, 6.07) is 5.04. The Kier molecular flexibility index (Phi) is 3.26. The molecule has 1 heterocycles. The van der Waals surface area contributed by atoms with E-state index < -0.39 is 16.9 Å². The highest BCUT2D eigenvalue weighted by Crippen LogP contribution is 2.44. The molecule has 1 atom stereocenters. The Morgan fingerprint density at radius 2 is 2.11 bits per heavy atom. The number of amides is 1. The zero-order valence-electron chi connectivity index (χ0n) is 11.0. The second-order valence-electron chi connectivity index (χ2n) is 5.25. The zero-order chi connectivity index (χ0) is 14.4. The number of halogens is 1. The van der Waals surface area contributed by atoms with Gasteiger partial charge in [0.15, 0.2) is 0 Å². The van der Waals surface area contributed by atoms with Gasteiger partial charge in [-0.25, -0.2) is 0 Å². The second kappa shape index (κ2) is 4.49. The average Bonchev–Trinajstić information content (AvgIpc) is 2.48. The van der Waals surface area contributed by atoms with Gasteiger partial charge in [0.25, 0.3) is 0 Å². The first-order valence-corrected chi connectivity index (χ1v) is 6.40. The van der Waals surface area contributed by atoms with Gasteiger partial charge in [-0.3, -0.25) is 14.9 Å². The molecule has 1 aliphatic heterocycles. The zero-order valence-corrected chi connectivity index (χ0v) is 11.8. The Morgan fingerprint density at radius 1 is 1.47 bits per heavy atom. The third kappa shape index (κ3) is 2.08. The van der Waals surface area contributed by atoms with Crippen molar-refractivity contribution < 1.29 is 9.72 Å². The number of hydrogen-bond acceptors (Lipinski definition) is 3. The Balaban J connectivity index is 2.63. The number of nitrogens with zero attached hydrogens (tertiary/aromatic N) is 2. The van der Waals surface area contributed by atoms with E-state index in [1.807, 2.05) is 13.8 Å². The van der Waals surface area contributed by atoms with Crippen LogP contribution in [-0.2, 0) is 10.2 Å². The number of carbonyl (C=O) groups is 1. The van der Waals surface area contributed by atoms with E-state index in [-0.39, 0.29) is 11.9 Å². The fourth-order valence-corrected chi connectivity index (χ4v) is 2.75. The maximum Gasteiger partial charge on any atom is 0.244 e. The van der Waals surface area contributed by atoms with Crippen LogP contribution in [0.2, 0.25) is 5.02 Å². The third-order valence-electron chi connectivity index (χ3n) is 3.47. The Bertz CT molecular complexity index is 559. The van der Waals surface area contributed by atoms with E-state index >= 15 is 0 Å². The van der Waals surface area contributed by atoms with Crippen LogP contribution in [0.25, 0.3) is 0 Å². The average molecular weight is 283 g/mol. The van der Waals surface area contributed by atoms with E-state index in [9.17, 15) is 14.9 Å². The molecule has 0 aromatic heterocycles. The molecule has 1 amide bonds. The number of rotatable bonds is 3. The molecule has 1 aromatic rings. The predicted molar refractivity (Wildman–Crippen MR) is 73.3 cm³/mol. The van der Waals surface area contributed by atoms with Gasteiger partial charge >= 0.3 is 0 Å². The molecule has 0 spiro atoms. The molecule has 0 aliphatic carbocycles. The summed E-state index contributed by atoms with van der Waals surface area (Å²) < 4.78 is 0. The van der Waals surface area contributed by atoms with Crippen LogP contribution in [-0.4, -0.2) is 23.4 Å². The van der Waals surface area contributed by atoms with Crippen LogP contribution in [0.1, 0.15) is 26.3 Å². The quantitative estimate of drug-likeness (QED) is 0.632. The van der Waals surface area contributed by atoms with Crippen LogP contribution in [0.5, 0.6) is 0 Å². The molecule has 1 aliphatic rings. The molecule has 0 saturated heterocycles. The molecule has 0 bridgehead atoms. The maximum atomic E-state index is 12.6. The Hall–Kier alpha value is -1.62. The Labute approximate surface area is 116 Å². The summed E-state index contributed by atoms with van der Waals surface area (Å²) in [5.41, 5.74) is 0.206. The molecular weight excluding hydrogens is 268 g/mol. The van der Waals surface area contributed by atoms with Crippen LogP contribution in [0.4, 0.5) is 5.69 Å². The van der Waals surface area contributed by atoms with Gasteiger partial charge in [0.1, 0.15) is 5.41 Å². The lowest BCUT2D eigenvalue weighted by molar-refractivity contribution is -0.487. The van der Waals surface area contributed by atoms with Gasteiger partial charge in [-0.05, 0) is 44.5 Å². The van der Waals surface area contributed by atoms with Crippen molar-refractivity contribution in [2.75, 3.05) is 11.4 Å². The normalized spacial score (nSPS) is 21.9. The minimum Gasteiger partial charge on any atom is -0.309 e. The van der Waals surface area contributed by atoms with Crippen LogP contribution in [0, 0.1) is 10.1 Å². The molecule has 0 fully saturated rings. The maximum absolute atomic E-state index is 12.6. The lowest BCUT2D eigenvalue weighted by atomic mass is 9.84. The molecule has 5 nitrogen and oxygen atoms in total. The van der Waals surface area contributed by atoms with E-state index in [1.54, 1.807) is 30.0 Å². The van der Waals surface area contributed by atoms with Crippen LogP contribution in [0.15, 0.2) is 18.2 Å². The standard InChI is InChI=1S/C13H15ClN2O3/c1-8(2)16-11-5-4-9(14)6-10(11)13(3,12(16)17)7-15(18)19/h4-6,8H,7H2,1-3H3. The van der Waals surface area contributed by atoms with E-state index in [4.69, 9.17) is 11.6 Å². The lowest BCUT2D eigenvalue weighted by Crippen LogP contribution is -2.45. The Morgan fingerprint density at radius 3 is 2.63 bits per heavy atom. The van der Waals surface area contributed by atoms with Gasteiger partial charge in [-0.2, -0.15) is 0 Å². The SMILES string of the molecule is CC(C)N1C(=O)C(C)(C[N+](=O)[O-])c2cc(Cl)ccc21. The third-order valence-corrected chi connectivity index (χ3v) is 3.70. The molecule has 6 heteroatoms. The van der Waals surface area contributed by atoms with Crippen molar-refractivity contribution in [3.05, 3.63) is 38.9 Å². The number of carbonyl (C=O) groups excluding carboxylic acids is 1. The molecule has 19 heavy (non-hydrogen) atoms. The molecule has 0 N–H and O–H groups in total. The van der Waals surface area contributed by atoms with Crippen LogP contribution >= 0.6 is 11.6 Å². The van der Waals surface area contributed by atoms with E-state index in [0.717, 1.165) is 0 Å². The van der Waals surface area contributed by atoms with Gasteiger partial charge < -0.3 is 4.90 Å². The van der Waals surface area contributed by atoms with Crippen molar-refractivity contribution >= 4 is 23.2 Å². The summed E-state index contributed by atoms with van der Waals surface area (Å²) in [6.45, 7) is 4.94. The molecular formula is C13H15ClN2O3. The highest BCUT2D eigenvalue weighted by Gasteiger charge is 2.51. The van der Waals surface area contributed by atoms with E-state index in [0.29, 0.717) is 16.3 Å². The highest BCUT2D eigenvalue weighted by molar-refractivity contribution is 6.31. The summed E-state index contributed by atoms with van der Waals surface area (Å²) in [4.78, 5) is 24.6. The lowest BCUT2D eigenvalue weighted by Gasteiger charge is -2.24. The first-order valence-electron chi connectivity index (χ1n) is 6.03. The fraction of sp³-hybridized carbons (Fsp3) is 0.462. The predicted octanol–water partition coefficient (Wildman–Crippen LogP) is 2.63. The second-order valence-corrected chi connectivity index (χ2v) is 5.69. The summed E-state index contributed by atoms with van der Waals surface area (Å²) in [6.07, 6.45) is 0. The molecule has 2 rings (SSSR count). The van der Waals surface area contributed by atoms with Gasteiger partial charge in [0.2, 0.25) is 12.5 Å². The fourth-order valence-electron chi connectivity index (χ4n) is 2.57. The number of nitro groups is 1. The first-order chi connectivity index (χ1) is 8.77. The van der Waals surface area contributed by atoms with Crippen molar-refractivity contribution in [1.82, 2.24) is 0 Å². The summed E-state index contributed by atoms with van der Waals surface area (Å²) >= 11 is 5.96. The number of benzene rings is 1. The van der Waals surface area contributed by atoms with Gasteiger partial charge in [-0.15, -0.1) is 0 Å². The van der Waals surface area contributed by atoms with Crippen LogP contribution < -0.4 is 4.90 Å². The van der Waals surface area contributed by atoms with Crippen molar-refractivity contribution in [3.63, 3.8) is 0 Å². The molecule has 102 valence electrons. The van der Waals surface area contributed by atoms with Gasteiger partial charge in [0, 0.05) is 21.7 Å². The summed E-state index contributed by atoms with van der Waals surface area (Å²) in [5, 5.41) is 11.4. The molecule has 0 saturated carbocycles. The van der Waals surface area contributed by atoms with Gasteiger partial charge in [0.05, 0.1) is 0 Å². The minimum atomic E-state index is -1.14. The smallest absolute Gasteiger partial charge is 0.244 e. The van der Waals surface area contributed by atoms with Crippen LogP contribution in [0.3, 0.4) is 0 Å². The van der Waals surface area contributed by atoms with Gasteiger partial charge in [-0.1, -0.05) is 11.6 Å². The molecule has 1 unspecified atom stereocenters. The van der Waals surface area contributed by atoms with Crippen molar-refractivity contribution in [2.45, 2.75) is 32.2 Å². The molecule has 0 radical (unpaired) electrons. The van der Waals surface area contributed by atoms with E-state index in [1.165, 1.54) is 0 Å². The van der Waals surface area contributed by atoms with Crippen molar-refractivity contribution in [3.8, 4) is 0 Å². The molecule has 1 aromatic carbocycles. The summed E-state index contributed by atoms with van der Waals surface area (Å²) in [7, 11) is 0. The number of fused-ring (bicyclic) bond motifs is 1. The number of hydrogen-bond donors (Lipinski definition) is 0. The van der Waals surface area contributed by atoms with E-state index in [2.05, 4.69) is 0 Å². The number of anilines is 1. The largest absolute Gasteiger partial charge is 0.309 e. The summed E-state index contributed by atoms with van der Waals surface area (Å²) in [5.74, 6) is -0.239. The van der Waals surface area contributed by atoms with Crippen molar-refractivity contribution in [2.24, 2.45) is 0 Å². The highest BCUT2D eigenvalue weighted by atomic mass is 35.5. The first kappa shape index (κ1) is 13.8. The van der Waals surface area contributed by atoms with Crippen molar-refractivity contribution in [1.29, 1.82) is 0 Å². The topological polar surface area (TPSA) is 63.5 Å².